The zero-order valence-electron chi connectivity index (χ0n) is 9.70. The van der Waals surface area contributed by atoms with Gasteiger partial charge in [-0.05, 0) is 26.7 Å². The summed E-state index contributed by atoms with van der Waals surface area (Å²) < 4.78 is 2.01. The molecule has 0 N–H and O–H groups in total. The van der Waals surface area contributed by atoms with Crippen LogP contribution in [0, 0.1) is 13.8 Å². The highest BCUT2D eigenvalue weighted by molar-refractivity contribution is 7.17. The summed E-state index contributed by atoms with van der Waals surface area (Å²) in [6.45, 7) is 6.31. The first-order valence-corrected chi connectivity index (χ1v) is 6.32. The van der Waals surface area contributed by atoms with Gasteiger partial charge in [-0.1, -0.05) is 6.92 Å². The number of aromatic nitrogens is 2. The van der Waals surface area contributed by atoms with Crippen LogP contribution in [-0.4, -0.2) is 15.7 Å². The van der Waals surface area contributed by atoms with Crippen molar-refractivity contribution in [2.24, 2.45) is 0 Å². The molecular formula is C12H14N2OS. The number of carbonyl (C=O) groups excluding carboxylic acids is 1. The number of imidazole rings is 1. The molecule has 2 aromatic heterocycles. The summed E-state index contributed by atoms with van der Waals surface area (Å²) in [4.78, 5) is 18.1. The van der Waals surface area contributed by atoms with Crippen molar-refractivity contribution in [3.8, 4) is 0 Å². The molecule has 1 aliphatic rings. The van der Waals surface area contributed by atoms with Gasteiger partial charge < -0.3 is 0 Å². The van der Waals surface area contributed by atoms with E-state index in [4.69, 9.17) is 0 Å². The first kappa shape index (κ1) is 10.0. The maximum atomic E-state index is 11.3. The molecule has 1 aliphatic carbocycles. The van der Waals surface area contributed by atoms with Crippen LogP contribution in [0.3, 0.4) is 0 Å². The number of hydrogen-bond acceptors (Lipinski definition) is 3. The zero-order valence-corrected chi connectivity index (χ0v) is 10.5. The van der Waals surface area contributed by atoms with E-state index >= 15 is 0 Å². The van der Waals surface area contributed by atoms with E-state index in [1.54, 1.807) is 11.3 Å². The van der Waals surface area contributed by atoms with E-state index in [9.17, 15) is 4.79 Å². The minimum absolute atomic E-state index is 0.155. The minimum Gasteiger partial charge on any atom is -0.296 e. The van der Waals surface area contributed by atoms with E-state index in [0.29, 0.717) is 0 Å². The van der Waals surface area contributed by atoms with Gasteiger partial charge in [-0.15, -0.1) is 11.3 Å². The molecule has 0 bridgehead atoms. The molecule has 0 amide bonds. The zero-order chi connectivity index (χ0) is 11.5. The first-order valence-electron chi connectivity index (χ1n) is 5.51. The third-order valence-corrected chi connectivity index (χ3v) is 4.71. The van der Waals surface area contributed by atoms with Gasteiger partial charge in [0.15, 0.2) is 11.2 Å². The average molecular weight is 234 g/mol. The van der Waals surface area contributed by atoms with E-state index in [0.717, 1.165) is 41.2 Å². The molecule has 1 fully saturated rings. The van der Waals surface area contributed by atoms with Crippen LogP contribution in [0.25, 0.3) is 4.96 Å². The van der Waals surface area contributed by atoms with Gasteiger partial charge in [0.2, 0.25) is 0 Å². The molecule has 3 nitrogen and oxygen atoms in total. The van der Waals surface area contributed by atoms with Crippen LogP contribution in [0.5, 0.6) is 0 Å². The van der Waals surface area contributed by atoms with Gasteiger partial charge in [-0.25, -0.2) is 4.98 Å². The summed E-state index contributed by atoms with van der Waals surface area (Å²) in [6.07, 6.45) is 3.26. The Bertz CT molecular complexity index is 590. The number of aryl methyl sites for hydroxylation is 2. The first-order chi connectivity index (χ1) is 7.57. The van der Waals surface area contributed by atoms with Crippen LogP contribution in [0.2, 0.25) is 0 Å². The van der Waals surface area contributed by atoms with Crippen LogP contribution in [0.1, 0.15) is 46.5 Å². The highest BCUT2D eigenvalue weighted by Gasteiger charge is 2.43. The lowest BCUT2D eigenvalue weighted by Crippen LogP contribution is -2.05. The van der Waals surface area contributed by atoms with E-state index in [-0.39, 0.29) is 5.41 Å². The summed E-state index contributed by atoms with van der Waals surface area (Å²) in [6, 6.07) is 0. The highest BCUT2D eigenvalue weighted by atomic mass is 32.1. The van der Waals surface area contributed by atoms with Gasteiger partial charge in [-0.3, -0.25) is 9.20 Å². The fraction of sp³-hybridized carbons (Fsp3) is 0.500. The van der Waals surface area contributed by atoms with Gasteiger partial charge in [-0.2, -0.15) is 0 Å². The lowest BCUT2D eigenvalue weighted by Gasteiger charge is -2.05. The summed E-state index contributed by atoms with van der Waals surface area (Å²) in [5, 5.41) is 0. The highest BCUT2D eigenvalue weighted by Crippen LogP contribution is 2.48. The maximum absolute atomic E-state index is 11.3. The Morgan fingerprint density at radius 2 is 2.12 bits per heavy atom. The summed E-state index contributed by atoms with van der Waals surface area (Å²) in [5.41, 5.74) is 3.06. The second-order valence-corrected chi connectivity index (χ2v) is 6.07. The van der Waals surface area contributed by atoms with E-state index in [2.05, 4.69) is 18.8 Å². The molecule has 2 heterocycles. The lowest BCUT2D eigenvalue weighted by atomic mass is 10.0. The number of fused-ring (bicyclic) bond motifs is 1. The molecule has 0 unspecified atom stereocenters. The molecule has 0 saturated heterocycles. The van der Waals surface area contributed by atoms with Crippen LogP contribution in [0.15, 0.2) is 0 Å². The van der Waals surface area contributed by atoms with Crippen molar-refractivity contribution < 1.29 is 4.79 Å². The van der Waals surface area contributed by atoms with Gasteiger partial charge >= 0.3 is 0 Å². The fourth-order valence-electron chi connectivity index (χ4n) is 2.15. The van der Waals surface area contributed by atoms with Gasteiger partial charge in [0.05, 0.1) is 5.69 Å². The molecule has 0 spiro atoms. The fourth-order valence-corrected chi connectivity index (χ4v) is 3.13. The van der Waals surface area contributed by atoms with Crippen molar-refractivity contribution in [1.82, 2.24) is 9.38 Å². The number of thiazole rings is 1. The number of carbonyl (C=O) groups is 1. The smallest absolute Gasteiger partial charge is 0.194 e. The van der Waals surface area contributed by atoms with Crippen molar-refractivity contribution in [3.05, 3.63) is 22.0 Å². The van der Waals surface area contributed by atoms with Crippen molar-refractivity contribution in [1.29, 1.82) is 0 Å². The SMILES string of the molecule is Cc1sc2nc(C3(C)CC3)c(C=O)n2c1C. The second-order valence-electron chi connectivity index (χ2n) is 4.89. The van der Waals surface area contributed by atoms with E-state index in [1.165, 1.54) is 4.88 Å². The molecule has 2 aromatic rings. The largest absolute Gasteiger partial charge is 0.296 e. The van der Waals surface area contributed by atoms with Crippen molar-refractivity contribution in [2.45, 2.75) is 39.0 Å². The molecule has 16 heavy (non-hydrogen) atoms. The van der Waals surface area contributed by atoms with Crippen LogP contribution in [-0.2, 0) is 5.41 Å². The summed E-state index contributed by atoms with van der Waals surface area (Å²) >= 11 is 1.67. The Morgan fingerprint density at radius 3 is 2.69 bits per heavy atom. The Balaban J connectivity index is 2.36. The molecular weight excluding hydrogens is 220 g/mol. The van der Waals surface area contributed by atoms with Crippen LogP contribution in [0.4, 0.5) is 0 Å². The van der Waals surface area contributed by atoms with Crippen LogP contribution >= 0.6 is 11.3 Å². The molecule has 0 radical (unpaired) electrons. The lowest BCUT2D eigenvalue weighted by molar-refractivity contribution is 0.111. The third-order valence-electron chi connectivity index (χ3n) is 3.65. The number of rotatable bonds is 2. The third kappa shape index (κ3) is 1.13. The van der Waals surface area contributed by atoms with Gasteiger partial charge in [0.25, 0.3) is 0 Å². The molecule has 0 aromatic carbocycles. The molecule has 84 valence electrons. The number of aldehydes is 1. The molecule has 0 atom stereocenters. The minimum atomic E-state index is 0.155. The Labute approximate surface area is 98.1 Å². The van der Waals surface area contributed by atoms with E-state index < -0.39 is 0 Å². The predicted octanol–water partition coefficient (Wildman–Crippen LogP) is 2.88. The number of nitrogens with zero attached hydrogens (tertiary/aromatic N) is 2. The molecule has 3 rings (SSSR count). The summed E-state index contributed by atoms with van der Waals surface area (Å²) in [7, 11) is 0. The Kier molecular flexibility index (Phi) is 1.84. The molecule has 1 saturated carbocycles. The van der Waals surface area contributed by atoms with Gasteiger partial charge in [0.1, 0.15) is 5.69 Å². The molecule has 0 aliphatic heterocycles. The van der Waals surface area contributed by atoms with E-state index in [1.807, 2.05) is 11.3 Å². The second kappa shape index (κ2) is 2.94. The monoisotopic (exact) mass is 234 g/mol. The van der Waals surface area contributed by atoms with Crippen molar-refractivity contribution in [3.63, 3.8) is 0 Å². The Morgan fingerprint density at radius 1 is 1.44 bits per heavy atom. The van der Waals surface area contributed by atoms with Crippen LogP contribution < -0.4 is 0 Å². The Hall–Kier alpha value is -1.16. The maximum Gasteiger partial charge on any atom is 0.194 e. The normalized spacial score (nSPS) is 17.9. The van der Waals surface area contributed by atoms with Crippen molar-refractivity contribution in [2.75, 3.05) is 0 Å². The average Bonchev–Trinajstić information content (AvgIpc) is 2.80. The standard InChI is InChI=1S/C12H14N2OS/c1-7-8(2)16-11-13-10(12(3)4-5-12)9(6-15)14(7)11/h6H,4-5H2,1-3H3. The van der Waals surface area contributed by atoms with Crippen molar-refractivity contribution >= 4 is 22.6 Å². The van der Waals surface area contributed by atoms with Gasteiger partial charge in [0, 0.05) is 16.0 Å². The molecule has 4 heteroatoms. The quantitative estimate of drug-likeness (QED) is 0.749. The number of hydrogen-bond donors (Lipinski definition) is 0. The topological polar surface area (TPSA) is 34.4 Å². The summed E-state index contributed by atoms with van der Waals surface area (Å²) in [5.74, 6) is 0. The predicted molar refractivity (Wildman–Crippen MR) is 64.5 cm³/mol.